The fourth-order valence-electron chi connectivity index (χ4n) is 2.19. The van der Waals surface area contributed by atoms with E-state index in [1.54, 1.807) is 18.2 Å². The standard InChI is InChI=1S/C8H5NO2.C7H5Cl2.In/c1-2-7(9)8-4-3-6(5-10)11-8;1-5-2-3-6(8)4-7(5)9;/h1-5H;2-4H,1H2;/q-1;;+1. The zero-order valence-corrected chi connectivity index (χ0v) is 15.7. The van der Waals surface area contributed by atoms with Gasteiger partial charge in [-0.25, -0.2) is 0 Å². The van der Waals surface area contributed by atoms with Crippen molar-refractivity contribution < 1.29 is 9.21 Å². The molecule has 0 fully saturated rings. The van der Waals surface area contributed by atoms with Gasteiger partial charge < -0.3 is 0 Å². The zero-order chi connectivity index (χ0) is 14.8. The molecule has 1 aliphatic rings. The fraction of sp³-hybridized carbons (Fsp3) is 0.0667. The quantitative estimate of drug-likeness (QED) is 0.698. The topological polar surface area (TPSA) is 42.6 Å². The summed E-state index contributed by atoms with van der Waals surface area (Å²) in [5.41, 5.74) is 1.92. The number of hydrogen-bond donors (Lipinski definition) is 0. The van der Waals surface area contributed by atoms with Crippen LogP contribution in [-0.4, -0.2) is 33.7 Å². The van der Waals surface area contributed by atoms with Crippen molar-refractivity contribution >= 4 is 56.9 Å². The molecule has 2 heterocycles. The number of rotatable bonds is 4. The van der Waals surface area contributed by atoms with Crippen LogP contribution in [0.25, 0.3) is 0 Å². The molecule has 0 radical (unpaired) electrons. The first-order chi connectivity index (χ1) is 10.2. The molecule has 1 aliphatic heterocycles. The molecule has 2 aromatic rings. The summed E-state index contributed by atoms with van der Waals surface area (Å²) in [6, 6.07) is 8.99. The molecular weight excluding hydrogens is 412 g/mol. The van der Waals surface area contributed by atoms with Crippen LogP contribution in [0.15, 0.2) is 47.6 Å². The van der Waals surface area contributed by atoms with E-state index in [1.807, 2.05) is 18.2 Å². The Hall–Kier alpha value is -0.970. The van der Waals surface area contributed by atoms with Crippen molar-refractivity contribution in [1.82, 2.24) is 0 Å². The molecule has 0 spiro atoms. The van der Waals surface area contributed by atoms with E-state index in [-0.39, 0.29) is 0 Å². The molecule has 0 saturated heterocycles. The summed E-state index contributed by atoms with van der Waals surface area (Å²) in [5.74, 6) is 0.968. The summed E-state index contributed by atoms with van der Waals surface area (Å²) >= 11 is 9.92. The number of hydrogen-bond acceptors (Lipinski definition) is 3. The van der Waals surface area contributed by atoms with E-state index in [1.165, 1.54) is 0 Å². The molecule has 21 heavy (non-hydrogen) atoms. The Morgan fingerprint density at radius 3 is 2.81 bits per heavy atom. The number of aldehydes is 1. The average Bonchev–Trinajstić information content (AvgIpc) is 3.10. The Kier molecular flexibility index (Phi) is 4.57. The number of carbonyl (C=O) groups is 1. The summed E-state index contributed by atoms with van der Waals surface area (Å²) in [6.45, 7) is 0. The van der Waals surface area contributed by atoms with Crippen LogP contribution < -0.4 is 0 Å². The summed E-state index contributed by atoms with van der Waals surface area (Å²) in [5, 5.41) is 1.33. The van der Waals surface area contributed by atoms with Crippen LogP contribution in [0, 0.1) is 0 Å². The van der Waals surface area contributed by atoms with E-state index in [4.69, 9.17) is 30.6 Å². The molecule has 0 bridgehead atoms. The molecule has 0 saturated carbocycles. The predicted molar refractivity (Wildman–Crippen MR) is 85.7 cm³/mol. The third-order valence-corrected chi connectivity index (χ3v) is 9.81. The number of allylic oxidation sites excluding steroid dienone is 1. The van der Waals surface area contributed by atoms with Crippen molar-refractivity contribution in [1.29, 1.82) is 0 Å². The predicted octanol–water partition coefficient (Wildman–Crippen LogP) is 4.07. The second-order valence-corrected chi connectivity index (χ2v) is 11.8. The molecule has 0 aliphatic carbocycles. The monoisotopic (exact) mass is 421 g/mol. The van der Waals surface area contributed by atoms with E-state index in [2.05, 4.69) is 3.83 Å². The van der Waals surface area contributed by atoms with Gasteiger partial charge in [-0.1, -0.05) is 0 Å². The molecule has 104 valence electrons. The Bertz CT molecular complexity index is 752. The summed E-state index contributed by atoms with van der Waals surface area (Å²) in [7, 11) is 0. The number of benzene rings is 1. The second-order valence-electron chi connectivity index (χ2n) is 4.70. The van der Waals surface area contributed by atoms with E-state index in [9.17, 15) is 4.79 Å². The maximum atomic E-state index is 10.6. The SMILES string of the molecule is O=Cc1ccc(C2=[N][In]([CH2]c3ccc(Cl)cc3Cl)[CH]=C2)o1. The number of halogens is 2. The van der Waals surface area contributed by atoms with E-state index < -0.39 is 21.7 Å². The van der Waals surface area contributed by atoms with E-state index >= 15 is 0 Å². The van der Waals surface area contributed by atoms with Gasteiger partial charge in [0.2, 0.25) is 0 Å². The van der Waals surface area contributed by atoms with Crippen molar-refractivity contribution in [3.8, 4) is 0 Å². The van der Waals surface area contributed by atoms with Gasteiger partial charge in [-0.15, -0.1) is 0 Å². The number of furan rings is 1. The Morgan fingerprint density at radius 2 is 2.10 bits per heavy atom. The third kappa shape index (κ3) is 3.44. The van der Waals surface area contributed by atoms with Crippen LogP contribution in [-0.2, 0) is 4.18 Å². The van der Waals surface area contributed by atoms with Gasteiger partial charge in [0, 0.05) is 0 Å². The molecule has 1 aromatic heterocycles. The van der Waals surface area contributed by atoms with Crippen LogP contribution in [0.4, 0.5) is 0 Å². The van der Waals surface area contributed by atoms with Gasteiger partial charge in [0.1, 0.15) is 0 Å². The van der Waals surface area contributed by atoms with Crippen LogP contribution >= 0.6 is 23.2 Å². The van der Waals surface area contributed by atoms with Gasteiger partial charge in [0.15, 0.2) is 0 Å². The van der Waals surface area contributed by atoms with Gasteiger partial charge in [-0.2, -0.15) is 0 Å². The number of nitrogens with zero attached hydrogens (tertiary/aromatic N) is 1. The second kappa shape index (κ2) is 6.42. The van der Waals surface area contributed by atoms with Crippen LogP contribution in [0.1, 0.15) is 21.9 Å². The first-order valence-electron chi connectivity index (χ1n) is 6.41. The van der Waals surface area contributed by atoms with Gasteiger partial charge >= 0.3 is 141 Å². The molecule has 0 unspecified atom stereocenters. The van der Waals surface area contributed by atoms with Crippen molar-refractivity contribution in [2.45, 2.75) is 4.18 Å². The molecule has 6 heteroatoms. The fourth-order valence-corrected chi connectivity index (χ4v) is 9.03. The molecule has 3 rings (SSSR count). The molecule has 0 atom stereocenters. The Balaban J connectivity index is 1.77. The Labute approximate surface area is 140 Å². The van der Waals surface area contributed by atoms with Crippen molar-refractivity contribution in [3.05, 3.63) is 67.4 Å². The van der Waals surface area contributed by atoms with Crippen LogP contribution in [0.3, 0.4) is 0 Å². The minimum absolute atomic E-state index is 0.320. The maximum absolute atomic E-state index is 10.6. The van der Waals surface area contributed by atoms with Crippen molar-refractivity contribution in [2.75, 3.05) is 0 Å². The van der Waals surface area contributed by atoms with Gasteiger partial charge in [-0.05, 0) is 0 Å². The normalized spacial score (nSPS) is 13.6. The minimum atomic E-state index is -2.19. The first-order valence-corrected chi connectivity index (χ1v) is 12.9. The summed E-state index contributed by atoms with van der Waals surface area (Å²) in [6.07, 6.45) is 2.68. The molecule has 0 N–H and O–H groups in total. The third-order valence-electron chi connectivity index (χ3n) is 3.22. The average molecular weight is 422 g/mol. The zero-order valence-electron chi connectivity index (χ0n) is 10.9. The number of carbonyl (C=O) groups excluding carboxylic acids is 1. The summed E-state index contributed by atoms with van der Waals surface area (Å²) < 4.78 is 13.3. The van der Waals surface area contributed by atoms with Crippen molar-refractivity contribution in [3.63, 3.8) is 0 Å². The molecule has 0 amide bonds. The first kappa shape index (κ1) is 14.9. The van der Waals surface area contributed by atoms with Crippen molar-refractivity contribution in [2.24, 2.45) is 2.98 Å². The van der Waals surface area contributed by atoms with Gasteiger partial charge in [0.25, 0.3) is 0 Å². The van der Waals surface area contributed by atoms with Crippen LogP contribution in [0.5, 0.6) is 0 Å². The Morgan fingerprint density at radius 1 is 1.24 bits per heavy atom. The molecular formula is C15H10Cl2InNO2. The molecule has 1 aromatic carbocycles. The summed E-state index contributed by atoms with van der Waals surface area (Å²) in [4.78, 5) is 10.6. The van der Waals surface area contributed by atoms with E-state index in [0.29, 0.717) is 27.9 Å². The van der Waals surface area contributed by atoms with Gasteiger partial charge in [0.05, 0.1) is 0 Å². The van der Waals surface area contributed by atoms with Crippen LogP contribution in [0.2, 0.25) is 10.0 Å². The molecule has 3 nitrogen and oxygen atoms in total. The van der Waals surface area contributed by atoms with Gasteiger partial charge in [-0.3, -0.25) is 0 Å². The van der Waals surface area contributed by atoms with E-state index in [0.717, 1.165) is 15.5 Å².